The van der Waals surface area contributed by atoms with E-state index in [2.05, 4.69) is 10.6 Å². The predicted molar refractivity (Wildman–Crippen MR) is 68.5 cm³/mol. The molecule has 0 fully saturated rings. The van der Waals surface area contributed by atoms with Crippen molar-refractivity contribution >= 4 is 12.1 Å². The van der Waals surface area contributed by atoms with E-state index in [-0.39, 0.29) is 12.1 Å². The van der Waals surface area contributed by atoms with Crippen LogP contribution in [0.5, 0.6) is 0 Å². The van der Waals surface area contributed by atoms with Gasteiger partial charge in [-0.05, 0) is 41.5 Å². The SMILES string of the molecule is CC(C)(C)NC[C@@H](NC(=O)OC(C)(C)C)C(=O)O. The van der Waals surface area contributed by atoms with Gasteiger partial charge in [0.15, 0.2) is 0 Å². The molecule has 0 saturated heterocycles. The van der Waals surface area contributed by atoms with Gasteiger partial charge in [0.05, 0.1) is 0 Å². The van der Waals surface area contributed by atoms with Gasteiger partial charge in [-0.2, -0.15) is 0 Å². The maximum atomic E-state index is 11.5. The lowest BCUT2D eigenvalue weighted by molar-refractivity contribution is -0.139. The molecule has 0 aliphatic rings. The molecule has 0 aromatic heterocycles. The molecule has 0 spiro atoms. The minimum absolute atomic E-state index is 0.137. The minimum atomic E-state index is -1.10. The highest BCUT2D eigenvalue weighted by atomic mass is 16.6. The third kappa shape index (κ3) is 8.81. The topological polar surface area (TPSA) is 87.7 Å². The summed E-state index contributed by atoms with van der Waals surface area (Å²) in [4.78, 5) is 22.5. The van der Waals surface area contributed by atoms with Crippen molar-refractivity contribution in [1.82, 2.24) is 10.6 Å². The monoisotopic (exact) mass is 260 g/mol. The Morgan fingerprint density at radius 2 is 1.67 bits per heavy atom. The highest BCUT2D eigenvalue weighted by molar-refractivity contribution is 5.80. The first-order valence-electron chi connectivity index (χ1n) is 5.88. The van der Waals surface area contributed by atoms with Crippen molar-refractivity contribution in [1.29, 1.82) is 0 Å². The zero-order valence-corrected chi connectivity index (χ0v) is 12.0. The molecular formula is C12H24N2O4. The van der Waals surface area contributed by atoms with Crippen molar-refractivity contribution < 1.29 is 19.4 Å². The molecule has 0 aliphatic heterocycles. The molecule has 1 amide bonds. The van der Waals surface area contributed by atoms with Gasteiger partial charge in [0.1, 0.15) is 11.6 Å². The number of hydrogen-bond donors (Lipinski definition) is 3. The minimum Gasteiger partial charge on any atom is -0.480 e. The number of carboxylic acids is 1. The quantitative estimate of drug-likeness (QED) is 0.710. The molecule has 1 atom stereocenters. The molecule has 0 rings (SSSR count). The lowest BCUT2D eigenvalue weighted by atomic mass is 10.1. The Kier molecular flexibility index (Phi) is 5.60. The zero-order valence-electron chi connectivity index (χ0n) is 12.0. The number of alkyl carbamates (subject to hydrolysis) is 1. The van der Waals surface area contributed by atoms with Crippen LogP contribution in [0.25, 0.3) is 0 Å². The van der Waals surface area contributed by atoms with E-state index in [4.69, 9.17) is 9.84 Å². The Balaban J connectivity index is 4.37. The Hall–Kier alpha value is -1.30. The van der Waals surface area contributed by atoms with Gasteiger partial charge < -0.3 is 20.5 Å². The van der Waals surface area contributed by atoms with E-state index in [0.717, 1.165) is 0 Å². The molecule has 0 radical (unpaired) electrons. The Bertz CT molecular complexity index is 302. The summed E-state index contributed by atoms with van der Waals surface area (Å²) in [6.07, 6.45) is -0.731. The zero-order chi connectivity index (χ0) is 14.6. The van der Waals surface area contributed by atoms with Crippen LogP contribution in [0.15, 0.2) is 0 Å². The summed E-state index contributed by atoms with van der Waals surface area (Å²) >= 11 is 0. The molecule has 106 valence electrons. The maximum Gasteiger partial charge on any atom is 0.408 e. The molecule has 18 heavy (non-hydrogen) atoms. The van der Waals surface area contributed by atoms with E-state index in [0.29, 0.717) is 0 Å². The van der Waals surface area contributed by atoms with Crippen molar-refractivity contribution in [3.8, 4) is 0 Å². The number of aliphatic carboxylic acids is 1. The first kappa shape index (κ1) is 16.7. The molecule has 0 saturated carbocycles. The summed E-state index contributed by atoms with van der Waals surface area (Å²) in [5.41, 5.74) is -0.867. The molecule has 3 N–H and O–H groups in total. The fourth-order valence-corrected chi connectivity index (χ4v) is 1.06. The van der Waals surface area contributed by atoms with E-state index < -0.39 is 23.7 Å². The maximum absolute atomic E-state index is 11.5. The summed E-state index contributed by atoms with van der Waals surface area (Å²) in [5, 5.41) is 14.3. The summed E-state index contributed by atoms with van der Waals surface area (Å²) in [6, 6.07) is -1.01. The molecule has 6 nitrogen and oxygen atoms in total. The van der Waals surface area contributed by atoms with Gasteiger partial charge in [-0.25, -0.2) is 9.59 Å². The molecule has 0 unspecified atom stereocenters. The Morgan fingerprint density at radius 1 is 1.17 bits per heavy atom. The molecule has 0 aromatic carbocycles. The standard InChI is InChI=1S/C12H24N2O4/c1-11(2,3)13-7-8(9(15)16)14-10(17)18-12(4,5)6/h8,13H,7H2,1-6H3,(H,14,17)(H,15,16)/t8-/m1/s1. The number of rotatable bonds is 4. The van der Waals surface area contributed by atoms with E-state index in [1.54, 1.807) is 20.8 Å². The molecule has 0 heterocycles. The number of carboxylic acid groups (broad SMARTS) is 1. The molecule has 0 bridgehead atoms. The van der Waals surface area contributed by atoms with Gasteiger partial charge in [-0.3, -0.25) is 0 Å². The van der Waals surface area contributed by atoms with Crippen LogP contribution in [-0.2, 0) is 9.53 Å². The third-order valence-corrected chi connectivity index (χ3v) is 1.83. The van der Waals surface area contributed by atoms with Crippen LogP contribution in [0.1, 0.15) is 41.5 Å². The average molecular weight is 260 g/mol. The van der Waals surface area contributed by atoms with Crippen molar-refractivity contribution in [3.05, 3.63) is 0 Å². The molecular weight excluding hydrogens is 236 g/mol. The fraction of sp³-hybridized carbons (Fsp3) is 0.833. The first-order chi connectivity index (χ1) is 7.91. The predicted octanol–water partition coefficient (Wildman–Crippen LogP) is 1.35. The second-order valence-corrected chi connectivity index (χ2v) is 6.17. The van der Waals surface area contributed by atoms with E-state index in [9.17, 15) is 9.59 Å². The summed E-state index contributed by atoms with van der Waals surface area (Å²) < 4.78 is 5.01. The lowest BCUT2D eigenvalue weighted by Gasteiger charge is -2.25. The molecule has 0 aliphatic carbocycles. The van der Waals surface area contributed by atoms with E-state index >= 15 is 0 Å². The van der Waals surface area contributed by atoms with Gasteiger partial charge in [0.25, 0.3) is 0 Å². The summed E-state index contributed by atoms with van der Waals surface area (Å²) in [7, 11) is 0. The Morgan fingerprint density at radius 3 is 2.00 bits per heavy atom. The number of hydrogen-bond acceptors (Lipinski definition) is 4. The van der Waals surface area contributed by atoms with Crippen LogP contribution in [0, 0.1) is 0 Å². The number of ether oxygens (including phenoxy) is 1. The van der Waals surface area contributed by atoms with Gasteiger partial charge in [0, 0.05) is 12.1 Å². The third-order valence-electron chi connectivity index (χ3n) is 1.83. The van der Waals surface area contributed by atoms with Crippen molar-refractivity contribution in [3.63, 3.8) is 0 Å². The van der Waals surface area contributed by atoms with E-state index in [1.165, 1.54) is 0 Å². The van der Waals surface area contributed by atoms with Crippen molar-refractivity contribution in [2.24, 2.45) is 0 Å². The Labute approximate surface area is 108 Å². The van der Waals surface area contributed by atoms with Crippen molar-refractivity contribution in [2.45, 2.75) is 58.7 Å². The summed E-state index contributed by atoms with van der Waals surface area (Å²) in [6.45, 7) is 11.0. The van der Waals surface area contributed by atoms with Crippen molar-refractivity contribution in [2.75, 3.05) is 6.54 Å². The number of amides is 1. The first-order valence-corrected chi connectivity index (χ1v) is 5.88. The van der Waals surface area contributed by atoms with Crippen LogP contribution in [0.2, 0.25) is 0 Å². The van der Waals surface area contributed by atoms with Crippen LogP contribution in [0.4, 0.5) is 4.79 Å². The molecule has 0 aromatic rings. The number of carbonyl (C=O) groups excluding carboxylic acids is 1. The van der Waals surface area contributed by atoms with E-state index in [1.807, 2.05) is 20.8 Å². The summed E-state index contributed by atoms with van der Waals surface area (Å²) in [5.74, 6) is -1.10. The fourth-order valence-electron chi connectivity index (χ4n) is 1.06. The second-order valence-electron chi connectivity index (χ2n) is 6.17. The van der Waals surface area contributed by atoms with Crippen LogP contribution >= 0.6 is 0 Å². The highest BCUT2D eigenvalue weighted by Gasteiger charge is 2.25. The smallest absolute Gasteiger partial charge is 0.408 e. The van der Waals surface area contributed by atoms with Crippen LogP contribution < -0.4 is 10.6 Å². The van der Waals surface area contributed by atoms with Crippen LogP contribution in [-0.4, -0.2) is 40.9 Å². The average Bonchev–Trinajstić information content (AvgIpc) is 2.06. The van der Waals surface area contributed by atoms with Gasteiger partial charge in [0.2, 0.25) is 0 Å². The second kappa shape index (κ2) is 6.04. The molecule has 6 heteroatoms. The lowest BCUT2D eigenvalue weighted by Crippen LogP contribution is -2.52. The highest BCUT2D eigenvalue weighted by Crippen LogP contribution is 2.07. The van der Waals surface area contributed by atoms with Crippen LogP contribution in [0.3, 0.4) is 0 Å². The van der Waals surface area contributed by atoms with Gasteiger partial charge in [-0.15, -0.1) is 0 Å². The van der Waals surface area contributed by atoms with Gasteiger partial charge in [-0.1, -0.05) is 0 Å². The normalized spacial score (nSPS) is 13.9. The number of carbonyl (C=O) groups is 2. The number of nitrogens with one attached hydrogen (secondary N) is 2. The largest absolute Gasteiger partial charge is 0.480 e. The van der Waals surface area contributed by atoms with Gasteiger partial charge >= 0.3 is 12.1 Å².